The molecule has 206 valence electrons. The fraction of sp³-hybridized carbons (Fsp3) is 0.433. The maximum atomic E-state index is 15.2. The summed E-state index contributed by atoms with van der Waals surface area (Å²) in [5.74, 6) is -0.0567. The van der Waals surface area contributed by atoms with Gasteiger partial charge in [0.05, 0.1) is 22.4 Å². The van der Waals surface area contributed by atoms with Crippen LogP contribution >= 0.6 is 11.8 Å². The van der Waals surface area contributed by atoms with Gasteiger partial charge in [-0.3, -0.25) is 14.5 Å². The monoisotopic (exact) mass is 552 g/mol. The lowest BCUT2D eigenvalue weighted by molar-refractivity contribution is -0.132. The summed E-state index contributed by atoms with van der Waals surface area (Å²) in [6.45, 7) is 9.42. The molecule has 1 saturated heterocycles. The number of piperidine rings is 1. The Hall–Kier alpha value is -3.20. The number of amides is 2. The number of anilines is 1. The number of nitrogens with zero attached hydrogens (tertiary/aromatic N) is 4. The summed E-state index contributed by atoms with van der Waals surface area (Å²) in [5.41, 5.74) is 1.94. The Morgan fingerprint density at radius 3 is 2.36 bits per heavy atom. The average molecular weight is 553 g/mol. The number of fused-ring (bicyclic) bond motifs is 1. The lowest BCUT2D eigenvalue weighted by Crippen LogP contribution is -2.46. The van der Waals surface area contributed by atoms with Crippen LogP contribution in [0.25, 0.3) is 5.69 Å². The van der Waals surface area contributed by atoms with Crippen LogP contribution < -0.4 is 4.90 Å². The molecule has 1 unspecified atom stereocenters. The van der Waals surface area contributed by atoms with E-state index in [1.807, 2.05) is 25.7 Å². The zero-order valence-electron chi connectivity index (χ0n) is 22.8. The maximum Gasteiger partial charge on any atom is 0.242 e. The van der Waals surface area contributed by atoms with Crippen LogP contribution in [0.3, 0.4) is 0 Å². The highest BCUT2D eigenvalue weighted by atomic mass is 32.2. The number of aromatic nitrogens is 2. The minimum absolute atomic E-state index is 0.0744. The number of thioether (sulfide) groups is 1. The van der Waals surface area contributed by atoms with Gasteiger partial charge in [0, 0.05) is 29.6 Å². The molecule has 2 amide bonds. The van der Waals surface area contributed by atoms with Gasteiger partial charge in [0.1, 0.15) is 24.0 Å². The van der Waals surface area contributed by atoms with Gasteiger partial charge in [-0.2, -0.15) is 5.10 Å². The molecule has 0 radical (unpaired) electrons. The molecule has 5 rings (SSSR count). The molecular weight excluding hydrogens is 518 g/mol. The van der Waals surface area contributed by atoms with Crippen LogP contribution in [0.2, 0.25) is 0 Å². The molecule has 0 spiro atoms. The number of carbonyl (C=O) groups excluding carboxylic acids is 2. The van der Waals surface area contributed by atoms with Crippen molar-refractivity contribution in [2.45, 2.75) is 51.2 Å². The first-order valence-corrected chi connectivity index (χ1v) is 14.4. The molecule has 9 heteroatoms. The van der Waals surface area contributed by atoms with Crippen LogP contribution in [0, 0.1) is 17.6 Å². The van der Waals surface area contributed by atoms with E-state index in [4.69, 9.17) is 5.10 Å². The van der Waals surface area contributed by atoms with Crippen molar-refractivity contribution >= 4 is 29.4 Å². The molecule has 39 heavy (non-hydrogen) atoms. The summed E-state index contributed by atoms with van der Waals surface area (Å²) in [6.07, 6.45) is 1.86. The molecule has 0 saturated carbocycles. The molecule has 6 nitrogen and oxygen atoms in total. The second-order valence-electron chi connectivity index (χ2n) is 11.5. The molecule has 1 atom stereocenters. The number of hydrogen-bond donors (Lipinski definition) is 0. The van der Waals surface area contributed by atoms with Crippen molar-refractivity contribution in [1.29, 1.82) is 0 Å². The smallest absolute Gasteiger partial charge is 0.242 e. The fourth-order valence-corrected chi connectivity index (χ4v) is 6.48. The van der Waals surface area contributed by atoms with Crippen molar-refractivity contribution in [1.82, 2.24) is 14.7 Å². The van der Waals surface area contributed by atoms with Crippen molar-refractivity contribution in [2.75, 3.05) is 30.3 Å². The highest BCUT2D eigenvalue weighted by Crippen LogP contribution is 2.49. The van der Waals surface area contributed by atoms with Crippen molar-refractivity contribution in [3.8, 4) is 5.69 Å². The van der Waals surface area contributed by atoms with Gasteiger partial charge in [0.15, 0.2) is 0 Å². The highest BCUT2D eigenvalue weighted by molar-refractivity contribution is 8.00. The zero-order valence-corrected chi connectivity index (χ0v) is 23.6. The third kappa shape index (κ3) is 5.46. The molecule has 2 aliphatic rings. The molecule has 0 aliphatic carbocycles. The Morgan fingerprint density at radius 1 is 1.05 bits per heavy atom. The Balaban J connectivity index is 1.71. The lowest BCUT2D eigenvalue weighted by Gasteiger charge is -2.32. The van der Waals surface area contributed by atoms with Gasteiger partial charge in [-0.1, -0.05) is 45.9 Å². The van der Waals surface area contributed by atoms with Gasteiger partial charge < -0.3 is 4.90 Å². The van der Waals surface area contributed by atoms with E-state index in [2.05, 4.69) is 6.92 Å². The van der Waals surface area contributed by atoms with Gasteiger partial charge in [0.2, 0.25) is 11.8 Å². The maximum absolute atomic E-state index is 15.2. The number of carbonyl (C=O) groups is 2. The predicted octanol–water partition coefficient (Wildman–Crippen LogP) is 5.88. The largest absolute Gasteiger partial charge is 0.341 e. The molecule has 3 heterocycles. The van der Waals surface area contributed by atoms with Crippen LogP contribution in [0.4, 0.5) is 14.6 Å². The summed E-state index contributed by atoms with van der Waals surface area (Å²) >= 11 is 1.34. The summed E-state index contributed by atoms with van der Waals surface area (Å²) in [4.78, 5) is 30.6. The molecule has 0 bridgehead atoms. The summed E-state index contributed by atoms with van der Waals surface area (Å²) in [7, 11) is 0. The third-order valence-corrected chi connectivity index (χ3v) is 8.72. The number of likely N-dealkylation sites (tertiary alicyclic amines) is 1. The van der Waals surface area contributed by atoms with Crippen LogP contribution in [0.5, 0.6) is 0 Å². The summed E-state index contributed by atoms with van der Waals surface area (Å²) in [5, 5.41) is 4.44. The van der Waals surface area contributed by atoms with E-state index < -0.39 is 16.5 Å². The van der Waals surface area contributed by atoms with Crippen molar-refractivity contribution in [3.63, 3.8) is 0 Å². The minimum atomic E-state index is -0.524. The Morgan fingerprint density at radius 2 is 1.72 bits per heavy atom. The summed E-state index contributed by atoms with van der Waals surface area (Å²) in [6, 6.07) is 12.5. The topological polar surface area (TPSA) is 58.4 Å². The Labute approximate surface area is 232 Å². The number of benzene rings is 2. The average Bonchev–Trinajstić information content (AvgIpc) is 3.23. The lowest BCUT2D eigenvalue weighted by atomic mass is 9.87. The minimum Gasteiger partial charge on any atom is -0.341 e. The van der Waals surface area contributed by atoms with Gasteiger partial charge in [-0.05, 0) is 49.1 Å². The van der Waals surface area contributed by atoms with E-state index in [1.165, 1.54) is 34.9 Å². The van der Waals surface area contributed by atoms with Crippen LogP contribution in [-0.4, -0.2) is 51.9 Å². The normalized spacial score (nSPS) is 18.7. The third-order valence-electron chi connectivity index (χ3n) is 7.49. The molecular formula is C30H34F2N4O2S. The van der Waals surface area contributed by atoms with E-state index in [1.54, 1.807) is 35.0 Å². The number of halogens is 2. The Bertz CT molecular complexity index is 1370. The second kappa shape index (κ2) is 10.8. The van der Waals surface area contributed by atoms with Gasteiger partial charge in [0.25, 0.3) is 0 Å². The van der Waals surface area contributed by atoms with Gasteiger partial charge in [-0.25, -0.2) is 13.5 Å². The first kappa shape index (κ1) is 27.4. The fourth-order valence-electron chi connectivity index (χ4n) is 5.26. The molecule has 1 fully saturated rings. The first-order valence-electron chi connectivity index (χ1n) is 13.4. The van der Waals surface area contributed by atoms with Crippen LogP contribution in [-0.2, 0) is 15.0 Å². The number of hydrogen-bond acceptors (Lipinski definition) is 4. The molecule has 0 N–H and O–H groups in total. The van der Waals surface area contributed by atoms with E-state index in [0.29, 0.717) is 47.3 Å². The first-order chi connectivity index (χ1) is 18.5. The molecule has 2 aliphatic heterocycles. The standard InChI is InChI=1S/C30H34F2N4O2S/c1-19-13-15-34(16-14-19)24(37)17-35-25(38)18-39-27(22-7-5-6-8-23(22)32)26-28(30(2,3)4)33-36(29(26)35)21-11-9-20(31)10-12-21/h5-12,19,27H,13-18H2,1-4H3. The van der Waals surface area contributed by atoms with E-state index in [9.17, 15) is 14.0 Å². The number of rotatable bonds is 4. The quantitative estimate of drug-likeness (QED) is 0.406. The van der Waals surface area contributed by atoms with E-state index >= 15 is 4.39 Å². The van der Waals surface area contributed by atoms with Gasteiger partial charge >= 0.3 is 0 Å². The van der Waals surface area contributed by atoms with Crippen molar-refractivity contribution in [3.05, 3.63) is 77.0 Å². The van der Waals surface area contributed by atoms with Crippen molar-refractivity contribution in [2.24, 2.45) is 5.92 Å². The van der Waals surface area contributed by atoms with Gasteiger partial charge in [-0.15, -0.1) is 11.8 Å². The summed E-state index contributed by atoms with van der Waals surface area (Å²) < 4.78 is 30.7. The van der Waals surface area contributed by atoms with E-state index in [-0.39, 0.29) is 29.9 Å². The second-order valence-corrected chi connectivity index (χ2v) is 12.6. The highest BCUT2D eigenvalue weighted by Gasteiger charge is 2.41. The van der Waals surface area contributed by atoms with Crippen LogP contribution in [0.15, 0.2) is 48.5 Å². The van der Waals surface area contributed by atoms with Crippen LogP contribution in [0.1, 0.15) is 62.6 Å². The zero-order chi connectivity index (χ0) is 27.9. The van der Waals surface area contributed by atoms with E-state index in [0.717, 1.165) is 12.8 Å². The SMILES string of the molecule is CC1CCN(C(=O)CN2C(=O)CSC(c3ccccc3F)c3c(C(C)(C)C)nn(-c4ccc(F)cc4)c32)CC1. The predicted molar refractivity (Wildman–Crippen MR) is 150 cm³/mol. The molecule has 1 aromatic heterocycles. The molecule has 2 aromatic carbocycles. The van der Waals surface area contributed by atoms with Crippen molar-refractivity contribution < 1.29 is 18.4 Å². The molecule has 3 aromatic rings. The Kier molecular flexibility index (Phi) is 7.55.